The summed E-state index contributed by atoms with van der Waals surface area (Å²) < 4.78 is 22.7. The molecule has 0 spiro atoms. The summed E-state index contributed by atoms with van der Waals surface area (Å²) in [7, 11) is 0. The van der Waals surface area contributed by atoms with E-state index in [9.17, 15) is 25.5 Å². The third-order valence-corrected chi connectivity index (χ3v) is 5.98. The highest BCUT2D eigenvalue weighted by atomic mass is 16.7. The molecule has 13 atom stereocenters. The maximum Gasteiger partial charge on any atom is 0.187 e. The predicted molar refractivity (Wildman–Crippen MR) is 100 cm³/mol. The molecule has 0 bridgehead atoms. The standard InChI is InChI=1S/C17H34N4O9/c18-3-9-8(23)2-7(21)16(27-9)29-14-6(20)1-5(19)11(24)15(14)30-17-13(26)12(25)10(4-22)28-17/h5-17,22-26H,1-4,18-21H2. The fourth-order valence-corrected chi connectivity index (χ4v) is 4.14. The third-order valence-electron chi connectivity index (χ3n) is 5.98. The molecule has 2 saturated heterocycles. The number of hydrogen-bond donors (Lipinski definition) is 9. The molecule has 3 rings (SSSR count). The van der Waals surface area contributed by atoms with Crippen LogP contribution in [0.15, 0.2) is 0 Å². The van der Waals surface area contributed by atoms with Crippen molar-refractivity contribution in [2.45, 2.75) is 92.4 Å². The first kappa shape index (κ1) is 24.1. The Morgan fingerprint density at radius 3 is 1.97 bits per heavy atom. The smallest absolute Gasteiger partial charge is 0.187 e. The Bertz CT molecular complexity index is 563. The van der Waals surface area contributed by atoms with Crippen molar-refractivity contribution in [2.24, 2.45) is 22.9 Å². The zero-order valence-corrected chi connectivity index (χ0v) is 16.5. The van der Waals surface area contributed by atoms with Crippen LogP contribution in [0.1, 0.15) is 12.8 Å². The molecule has 2 aliphatic heterocycles. The van der Waals surface area contributed by atoms with E-state index >= 15 is 0 Å². The minimum atomic E-state index is -1.46. The van der Waals surface area contributed by atoms with Crippen molar-refractivity contribution in [1.29, 1.82) is 0 Å². The molecule has 0 aromatic heterocycles. The summed E-state index contributed by atoms with van der Waals surface area (Å²) in [6.45, 7) is -0.474. The van der Waals surface area contributed by atoms with Crippen LogP contribution in [-0.4, -0.2) is 118 Å². The van der Waals surface area contributed by atoms with Gasteiger partial charge >= 0.3 is 0 Å². The molecular formula is C17H34N4O9. The Hall–Kier alpha value is -0.520. The highest BCUT2D eigenvalue weighted by Gasteiger charge is 2.51. The van der Waals surface area contributed by atoms with Crippen LogP contribution in [0.3, 0.4) is 0 Å². The van der Waals surface area contributed by atoms with E-state index in [1.807, 2.05) is 0 Å². The third kappa shape index (κ3) is 4.78. The summed E-state index contributed by atoms with van der Waals surface area (Å²) in [6, 6.07) is -2.09. The average Bonchev–Trinajstić information content (AvgIpc) is 2.98. The zero-order chi connectivity index (χ0) is 22.2. The maximum atomic E-state index is 10.6. The monoisotopic (exact) mass is 438 g/mol. The first-order valence-electron chi connectivity index (χ1n) is 10.1. The van der Waals surface area contributed by atoms with Crippen LogP contribution in [-0.2, 0) is 18.9 Å². The molecule has 0 aromatic rings. The molecule has 0 radical (unpaired) electrons. The highest BCUT2D eigenvalue weighted by Crippen LogP contribution is 2.31. The minimum Gasteiger partial charge on any atom is -0.394 e. The van der Waals surface area contributed by atoms with E-state index in [4.69, 9.17) is 41.9 Å². The van der Waals surface area contributed by atoms with Gasteiger partial charge in [0.25, 0.3) is 0 Å². The lowest BCUT2D eigenvalue weighted by Gasteiger charge is -2.46. The summed E-state index contributed by atoms with van der Waals surface area (Å²) >= 11 is 0. The zero-order valence-electron chi connectivity index (χ0n) is 16.5. The van der Waals surface area contributed by atoms with Crippen molar-refractivity contribution in [3.05, 3.63) is 0 Å². The normalized spacial score (nSPS) is 52.5. The number of ether oxygens (including phenoxy) is 4. The van der Waals surface area contributed by atoms with E-state index in [0.29, 0.717) is 0 Å². The molecule has 0 amide bonds. The number of aliphatic hydroxyl groups is 5. The van der Waals surface area contributed by atoms with Gasteiger partial charge in [-0.15, -0.1) is 0 Å². The van der Waals surface area contributed by atoms with E-state index < -0.39 is 86.1 Å². The molecule has 0 aromatic carbocycles. The molecule has 13 N–H and O–H groups in total. The quantitative estimate of drug-likeness (QED) is 0.188. The van der Waals surface area contributed by atoms with Crippen molar-refractivity contribution in [3.63, 3.8) is 0 Å². The summed E-state index contributed by atoms with van der Waals surface area (Å²) in [5.41, 5.74) is 23.8. The summed E-state index contributed by atoms with van der Waals surface area (Å²) in [5.74, 6) is 0. The molecule has 2 heterocycles. The van der Waals surface area contributed by atoms with Gasteiger partial charge in [-0.05, 0) is 12.8 Å². The van der Waals surface area contributed by atoms with E-state index in [1.165, 1.54) is 0 Å². The maximum absolute atomic E-state index is 10.6. The molecule has 13 heteroatoms. The second-order valence-corrected chi connectivity index (χ2v) is 8.21. The lowest BCUT2D eigenvalue weighted by Crippen LogP contribution is -2.66. The first-order valence-corrected chi connectivity index (χ1v) is 10.1. The number of hydrogen-bond acceptors (Lipinski definition) is 13. The average molecular weight is 438 g/mol. The number of aliphatic hydroxyl groups excluding tert-OH is 5. The minimum absolute atomic E-state index is 0.0560. The number of rotatable bonds is 6. The van der Waals surface area contributed by atoms with Gasteiger partial charge in [0, 0.05) is 18.6 Å². The Morgan fingerprint density at radius 1 is 0.733 bits per heavy atom. The van der Waals surface area contributed by atoms with Gasteiger partial charge < -0.3 is 67.4 Å². The molecule has 176 valence electrons. The molecule has 13 nitrogen and oxygen atoms in total. The van der Waals surface area contributed by atoms with E-state index in [0.717, 1.165) is 0 Å². The van der Waals surface area contributed by atoms with Gasteiger partial charge in [-0.1, -0.05) is 0 Å². The van der Waals surface area contributed by atoms with Crippen LogP contribution in [0.5, 0.6) is 0 Å². The first-order chi connectivity index (χ1) is 14.2. The van der Waals surface area contributed by atoms with Gasteiger partial charge in [0.15, 0.2) is 12.6 Å². The van der Waals surface area contributed by atoms with Gasteiger partial charge in [0.05, 0.1) is 31.0 Å². The lowest BCUT2D eigenvalue weighted by molar-refractivity contribution is -0.294. The highest BCUT2D eigenvalue weighted by molar-refractivity contribution is 5.00. The van der Waals surface area contributed by atoms with Gasteiger partial charge in [0.2, 0.25) is 0 Å². The Morgan fingerprint density at radius 2 is 1.37 bits per heavy atom. The van der Waals surface area contributed by atoms with Crippen LogP contribution in [0.25, 0.3) is 0 Å². The fraction of sp³-hybridized carbons (Fsp3) is 1.00. The molecule has 3 fully saturated rings. The van der Waals surface area contributed by atoms with Crippen LogP contribution in [0, 0.1) is 0 Å². The molecule has 30 heavy (non-hydrogen) atoms. The van der Waals surface area contributed by atoms with E-state index in [-0.39, 0.29) is 19.4 Å². The molecular weight excluding hydrogens is 404 g/mol. The summed E-state index contributed by atoms with van der Waals surface area (Å²) in [4.78, 5) is 0. The Kier molecular flexibility index (Phi) is 8.01. The van der Waals surface area contributed by atoms with E-state index in [2.05, 4.69) is 0 Å². The molecule has 1 aliphatic carbocycles. The van der Waals surface area contributed by atoms with Gasteiger partial charge in [-0.25, -0.2) is 0 Å². The molecule has 3 aliphatic rings. The predicted octanol–water partition coefficient (Wildman–Crippen LogP) is -5.62. The van der Waals surface area contributed by atoms with Gasteiger partial charge in [0.1, 0.15) is 30.5 Å². The van der Waals surface area contributed by atoms with Gasteiger partial charge in [-0.2, -0.15) is 0 Å². The van der Waals surface area contributed by atoms with Crippen LogP contribution in [0.4, 0.5) is 0 Å². The van der Waals surface area contributed by atoms with Crippen molar-refractivity contribution < 1.29 is 44.5 Å². The van der Waals surface area contributed by atoms with Crippen LogP contribution < -0.4 is 22.9 Å². The molecule has 1 saturated carbocycles. The largest absolute Gasteiger partial charge is 0.394 e. The van der Waals surface area contributed by atoms with Crippen LogP contribution in [0.2, 0.25) is 0 Å². The van der Waals surface area contributed by atoms with Crippen molar-refractivity contribution in [3.8, 4) is 0 Å². The fourth-order valence-electron chi connectivity index (χ4n) is 4.14. The summed E-state index contributed by atoms with van der Waals surface area (Å²) in [5, 5.41) is 50.0. The van der Waals surface area contributed by atoms with Crippen molar-refractivity contribution in [1.82, 2.24) is 0 Å². The Balaban J connectivity index is 1.75. The SMILES string of the molecule is NCC1OC(OC2C(N)CC(N)C(O)C2OC2OC(CO)C(O)C2O)C(N)CC1O. The van der Waals surface area contributed by atoms with Crippen molar-refractivity contribution in [2.75, 3.05) is 13.2 Å². The summed E-state index contributed by atoms with van der Waals surface area (Å²) in [6.07, 6.45) is -10.6. The Labute approximate surface area is 173 Å². The second kappa shape index (κ2) is 9.95. The molecule has 13 unspecified atom stereocenters. The van der Waals surface area contributed by atoms with E-state index in [1.54, 1.807) is 0 Å². The van der Waals surface area contributed by atoms with Crippen LogP contribution >= 0.6 is 0 Å². The van der Waals surface area contributed by atoms with Gasteiger partial charge in [-0.3, -0.25) is 0 Å². The topological polar surface area (TPSA) is 242 Å². The lowest BCUT2D eigenvalue weighted by atomic mass is 9.84. The van der Waals surface area contributed by atoms with Crippen molar-refractivity contribution >= 4 is 0 Å². The second-order valence-electron chi connectivity index (χ2n) is 8.21. The number of nitrogens with two attached hydrogens (primary N) is 4.